The fourth-order valence-corrected chi connectivity index (χ4v) is 4.38. The standard InChI is InChI=1S/C29H33FN6O3/c1-6-8-25(30)39-24-11-9-18(2)15-21(24)27-23(16-20(19(3)33-27)10-12-26(37)35(4)5)34-29(38)22-17-32-36-14-7-13-31-28(22)36/h6-9,11,13-17,19-20,25H,10,12H2,1-5H3,(H,34,38)/b8-6+. The van der Waals surface area contributed by atoms with Crippen LogP contribution in [0.2, 0.25) is 0 Å². The molecule has 3 aromatic rings. The fourth-order valence-electron chi connectivity index (χ4n) is 4.38. The number of dihydropyridines is 1. The number of aryl methyl sites for hydroxylation is 1. The van der Waals surface area contributed by atoms with E-state index >= 15 is 0 Å². The highest BCUT2D eigenvalue weighted by atomic mass is 19.1. The summed E-state index contributed by atoms with van der Waals surface area (Å²) in [5, 5.41) is 7.20. The van der Waals surface area contributed by atoms with Crippen LogP contribution in [0.15, 0.2) is 71.8 Å². The summed E-state index contributed by atoms with van der Waals surface area (Å²) >= 11 is 0. The first-order valence-corrected chi connectivity index (χ1v) is 12.8. The molecular weight excluding hydrogens is 499 g/mol. The summed E-state index contributed by atoms with van der Waals surface area (Å²) in [5.41, 5.74) is 3.12. The van der Waals surface area contributed by atoms with Crippen LogP contribution in [0.1, 0.15) is 48.2 Å². The number of amides is 2. The van der Waals surface area contributed by atoms with Crippen molar-refractivity contribution in [1.82, 2.24) is 24.8 Å². The molecule has 4 rings (SSSR count). The van der Waals surface area contributed by atoms with Gasteiger partial charge in [0.15, 0.2) is 5.65 Å². The maximum Gasteiger partial charge on any atom is 0.261 e. The molecule has 0 saturated carbocycles. The number of alkyl halides is 1. The summed E-state index contributed by atoms with van der Waals surface area (Å²) < 4.78 is 21.6. The van der Waals surface area contributed by atoms with Gasteiger partial charge in [0.1, 0.15) is 11.3 Å². The van der Waals surface area contributed by atoms with Crippen LogP contribution < -0.4 is 10.1 Å². The van der Waals surface area contributed by atoms with Crippen LogP contribution in [-0.2, 0) is 4.79 Å². The van der Waals surface area contributed by atoms with E-state index in [-0.39, 0.29) is 17.9 Å². The first-order valence-electron chi connectivity index (χ1n) is 12.8. The maximum absolute atomic E-state index is 14.5. The second-order valence-corrected chi connectivity index (χ2v) is 9.68. The molecule has 204 valence electrons. The number of hydrogen-bond acceptors (Lipinski definition) is 6. The molecule has 10 heteroatoms. The molecule has 0 saturated heterocycles. The van der Waals surface area contributed by atoms with E-state index in [4.69, 9.17) is 9.73 Å². The van der Waals surface area contributed by atoms with E-state index in [2.05, 4.69) is 15.4 Å². The number of hydrogen-bond donors (Lipinski definition) is 1. The maximum atomic E-state index is 14.5. The zero-order chi connectivity index (χ0) is 28.1. The second-order valence-electron chi connectivity index (χ2n) is 9.68. The number of carbonyl (C=O) groups excluding carboxylic acids is 2. The Morgan fingerprint density at radius 3 is 2.85 bits per heavy atom. The Bertz CT molecular complexity index is 1460. The minimum atomic E-state index is -1.64. The van der Waals surface area contributed by atoms with Crippen molar-refractivity contribution in [3.05, 3.63) is 83.5 Å². The van der Waals surface area contributed by atoms with Gasteiger partial charge in [0.05, 0.1) is 23.6 Å². The van der Waals surface area contributed by atoms with Gasteiger partial charge in [0, 0.05) is 44.4 Å². The molecule has 0 radical (unpaired) electrons. The summed E-state index contributed by atoms with van der Waals surface area (Å²) in [6, 6.07) is 6.92. The minimum absolute atomic E-state index is 0.0146. The number of allylic oxidation sites excluding steroid dienone is 2. The van der Waals surface area contributed by atoms with Gasteiger partial charge in [-0.1, -0.05) is 23.8 Å². The van der Waals surface area contributed by atoms with Gasteiger partial charge in [-0.05, 0) is 51.5 Å². The fraction of sp³-hybridized carbons (Fsp3) is 0.345. The first-order chi connectivity index (χ1) is 18.7. The number of ether oxygens (including phenoxy) is 1. The van der Waals surface area contributed by atoms with Crippen LogP contribution >= 0.6 is 0 Å². The molecule has 0 aliphatic carbocycles. The van der Waals surface area contributed by atoms with Crippen LogP contribution in [0.3, 0.4) is 0 Å². The molecule has 0 bridgehead atoms. The molecule has 0 fully saturated rings. The summed E-state index contributed by atoms with van der Waals surface area (Å²) in [6.07, 6.45) is 8.82. The average Bonchev–Trinajstić information content (AvgIpc) is 3.34. The summed E-state index contributed by atoms with van der Waals surface area (Å²) in [5.74, 6) is -0.203. The van der Waals surface area contributed by atoms with Crippen molar-refractivity contribution in [2.75, 3.05) is 14.1 Å². The van der Waals surface area contributed by atoms with Gasteiger partial charge >= 0.3 is 0 Å². The Hall–Kier alpha value is -4.34. The van der Waals surface area contributed by atoms with Crippen LogP contribution in [0.25, 0.3) is 5.65 Å². The molecule has 3 heterocycles. The predicted molar refractivity (Wildman–Crippen MR) is 147 cm³/mol. The number of nitrogens with one attached hydrogen (secondary N) is 1. The van der Waals surface area contributed by atoms with Crippen LogP contribution in [0.4, 0.5) is 4.39 Å². The molecule has 2 amide bonds. The van der Waals surface area contributed by atoms with Crippen molar-refractivity contribution in [1.29, 1.82) is 0 Å². The Morgan fingerprint density at radius 1 is 1.31 bits per heavy atom. The van der Waals surface area contributed by atoms with Gasteiger partial charge < -0.3 is 15.0 Å². The third-order valence-corrected chi connectivity index (χ3v) is 6.52. The Labute approximate surface area is 227 Å². The number of nitrogens with zero attached hydrogens (tertiary/aromatic N) is 5. The molecule has 9 nitrogen and oxygen atoms in total. The highest BCUT2D eigenvalue weighted by molar-refractivity contribution is 6.17. The van der Waals surface area contributed by atoms with Crippen LogP contribution in [-0.4, -0.2) is 63.5 Å². The van der Waals surface area contributed by atoms with Gasteiger partial charge in [-0.3, -0.25) is 14.6 Å². The van der Waals surface area contributed by atoms with Crippen molar-refractivity contribution >= 4 is 23.2 Å². The Kier molecular flexibility index (Phi) is 8.53. The van der Waals surface area contributed by atoms with Gasteiger partial charge in [-0.2, -0.15) is 9.49 Å². The van der Waals surface area contributed by atoms with E-state index in [1.807, 2.05) is 32.1 Å². The topological polar surface area (TPSA) is 101 Å². The third-order valence-electron chi connectivity index (χ3n) is 6.52. The average molecular weight is 533 g/mol. The number of rotatable bonds is 9. The van der Waals surface area contributed by atoms with Crippen LogP contribution in [0, 0.1) is 12.8 Å². The number of fused-ring (bicyclic) bond motifs is 1. The summed E-state index contributed by atoms with van der Waals surface area (Å²) in [4.78, 5) is 36.5. The molecule has 1 aromatic carbocycles. The highest BCUT2D eigenvalue weighted by Gasteiger charge is 2.29. The summed E-state index contributed by atoms with van der Waals surface area (Å²) in [7, 11) is 3.44. The molecule has 3 unspecified atom stereocenters. The van der Waals surface area contributed by atoms with Crippen molar-refractivity contribution < 1.29 is 18.7 Å². The SMILES string of the molecule is C/C=C/C(F)Oc1ccc(C)cc1C1=NC(C)C(CCC(=O)N(C)C)C=C1NC(=O)c1cnn2cccnc12. The number of carbonyl (C=O) groups is 2. The smallest absolute Gasteiger partial charge is 0.261 e. The molecular formula is C29H33FN6O3. The Balaban J connectivity index is 1.73. The first kappa shape index (κ1) is 27.7. The lowest BCUT2D eigenvalue weighted by molar-refractivity contribution is -0.128. The van der Waals surface area contributed by atoms with Gasteiger partial charge in [-0.15, -0.1) is 0 Å². The van der Waals surface area contributed by atoms with Crippen molar-refractivity contribution in [2.45, 2.75) is 46.0 Å². The molecule has 2 aromatic heterocycles. The lowest BCUT2D eigenvalue weighted by atomic mass is 9.89. The van der Waals surface area contributed by atoms with E-state index < -0.39 is 12.3 Å². The molecule has 3 atom stereocenters. The van der Waals surface area contributed by atoms with Gasteiger partial charge in [0.25, 0.3) is 12.3 Å². The molecule has 1 aliphatic heterocycles. The predicted octanol–water partition coefficient (Wildman–Crippen LogP) is 4.28. The van der Waals surface area contributed by atoms with E-state index in [1.54, 1.807) is 56.5 Å². The number of aromatic nitrogens is 3. The monoisotopic (exact) mass is 532 g/mol. The van der Waals surface area contributed by atoms with E-state index in [1.165, 1.54) is 16.8 Å². The Morgan fingerprint density at radius 2 is 2.10 bits per heavy atom. The minimum Gasteiger partial charge on any atom is -0.456 e. The molecule has 1 aliphatic rings. The van der Waals surface area contributed by atoms with Gasteiger partial charge in [-0.25, -0.2) is 9.50 Å². The van der Waals surface area contributed by atoms with E-state index in [0.29, 0.717) is 46.8 Å². The van der Waals surface area contributed by atoms with Crippen molar-refractivity contribution in [3.8, 4) is 5.75 Å². The molecule has 1 N–H and O–H groups in total. The third kappa shape index (κ3) is 6.39. The highest BCUT2D eigenvalue weighted by Crippen LogP contribution is 2.31. The normalized spacial score (nSPS) is 18.0. The largest absolute Gasteiger partial charge is 0.456 e. The van der Waals surface area contributed by atoms with Gasteiger partial charge in [0.2, 0.25) is 5.91 Å². The van der Waals surface area contributed by atoms with Crippen molar-refractivity contribution in [2.24, 2.45) is 10.9 Å². The number of halogens is 1. The number of benzene rings is 1. The quantitative estimate of drug-likeness (QED) is 0.415. The lowest BCUT2D eigenvalue weighted by Gasteiger charge is -2.28. The van der Waals surface area contributed by atoms with E-state index in [9.17, 15) is 14.0 Å². The van der Waals surface area contributed by atoms with E-state index in [0.717, 1.165) is 5.56 Å². The number of aliphatic imine (C=N–C) groups is 1. The second kappa shape index (κ2) is 12.0. The lowest BCUT2D eigenvalue weighted by Crippen LogP contribution is -2.34. The van der Waals surface area contributed by atoms with Crippen LogP contribution in [0.5, 0.6) is 5.75 Å². The molecule has 39 heavy (non-hydrogen) atoms. The zero-order valence-electron chi connectivity index (χ0n) is 22.8. The molecule has 0 spiro atoms. The zero-order valence-corrected chi connectivity index (χ0v) is 22.8. The summed E-state index contributed by atoms with van der Waals surface area (Å²) in [6.45, 7) is 5.59. The van der Waals surface area contributed by atoms with Crippen molar-refractivity contribution in [3.63, 3.8) is 0 Å².